The molecule has 0 amide bonds. The molecule has 1 aliphatic carbocycles. The summed E-state index contributed by atoms with van der Waals surface area (Å²) >= 11 is 0. The monoisotopic (exact) mass is 374 g/mol. The van der Waals surface area contributed by atoms with E-state index in [4.69, 9.17) is 5.73 Å². The van der Waals surface area contributed by atoms with E-state index in [1.54, 1.807) is 12.1 Å². The number of hydrogen-bond acceptors (Lipinski definition) is 2. The van der Waals surface area contributed by atoms with E-state index in [9.17, 15) is 9.90 Å². The van der Waals surface area contributed by atoms with E-state index < -0.39 is 5.97 Å². The van der Waals surface area contributed by atoms with Crippen molar-refractivity contribution in [3.05, 3.63) is 77.5 Å². The third-order valence-electron chi connectivity index (χ3n) is 5.72. The molecule has 0 saturated heterocycles. The first-order chi connectivity index (χ1) is 13.7. The number of hydrogen-bond donors (Lipinski definition) is 2. The van der Waals surface area contributed by atoms with Gasteiger partial charge in [0.2, 0.25) is 0 Å². The zero-order valence-electron chi connectivity index (χ0n) is 16.0. The molecule has 0 saturated carbocycles. The Balaban J connectivity index is 1.90. The fraction of sp³-hybridized carbons (Fsp3) is 0.292. The number of rotatable bonds is 6. The molecule has 3 N–H and O–H groups in total. The van der Waals surface area contributed by atoms with Crippen molar-refractivity contribution < 1.29 is 9.90 Å². The predicted octanol–water partition coefficient (Wildman–Crippen LogP) is 5.00. The molecule has 4 heteroatoms. The van der Waals surface area contributed by atoms with E-state index in [-0.39, 0.29) is 0 Å². The van der Waals surface area contributed by atoms with Gasteiger partial charge in [-0.15, -0.1) is 0 Å². The minimum atomic E-state index is -0.898. The van der Waals surface area contributed by atoms with Gasteiger partial charge in [0.1, 0.15) is 0 Å². The third kappa shape index (κ3) is 3.48. The van der Waals surface area contributed by atoms with Crippen molar-refractivity contribution in [1.82, 2.24) is 4.57 Å². The lowest BCUT2D eigenvalue weighted by atomic mass is 9.83. The maximum Gasteiger partial charge on any atom is 0.335 e. The van der Waals surface area contributed by atoms with Gasteiger partial charge < -0.3 is 15.4 Å². The first kappa shape index (κ1) is 18.5. The normalized spacial score (nSPS) is 16.0. The largest absolute Gasteiger partial charge is 0.478 e. The van der Waals surface area contributed by atoms with Crippen LogP contribution in [0.2, 0.25) is 0 Å². The molecular formula is C24H26N2O2. The van der Waals surface area contributed by atoms with Crippen LogP contribution in [0.3, 0.4) is 0 Å². The van der Waals surface area contributed by atoms with Gasteiger partial charge in [-0.3, -0.25) is 0 Å². The lowest BCUT2D eigenvalue weighted by Crippen LogP contribution is -2.13. The number of nitrogens with zero attached hydrogens (tertiary/aromatic N) is 1. The van der Waals surface area contributed by atoms with Crippen LogP contribution in [-0.4, -0.2) is 22.2 Å². The maximum atomic E-state index is 11.5. The highest BCUT2D eigenvalue weighted by Gasteiger charge is 2.26. The fourth-order valence-corrected chi connectivity index (χ4v) is 4.41. The van der Waals surface area contributed by atoms with E-state index in [1.165, 1.54) is 17.7 Å². The molecule has 1 unspecified atom stereocenters. The maximum absolute atomic E-state index is 11.5. The molecule has 0 bridgehead atoms. The Kier molecular flexibility index (Phi) is 5.31. The summed E-state index contributed by atoms with van der Waals surface area (Å²) in [7, 11) is 0. The number of aromatic carboxylic acids is 1. The van der Waals surface area contributed by atoms with Crippen LogP contribution < -0.4 is 5.73 Å². The number of benzene rings is 2. The predicted molar refractivity (Wildman–Crippen MR) is 112 cm³/mol. The van der Waals surface area contributed by atoms with Crippen molar-refractivity contribution in [2.45, 2.75) is 38.0 Å². The Morgan fingerprint density at radius 3 is 2.68 bits per heavy atom. The van der Waals surface area contributed by atoms with Gasteiger partial charge in [-0.1, -0.05) is 36.4 Å². The molecule has 1 atom stereocenters. The molecule has 0 radical (unpaired) electrons. The summed E-state index contributed by atoms with van der Waals surface area (Å²) < 4.78 is 2.27. The molecule has 0 fully saturated rings. The van der Waals surface area contributed by atoms with Crippen molar-refractivity contribution in [2.75, 3.05) is 6.54 Å². The van der Waals surface area contributed by atoms with Gasteiger partial charge in [0, 0.05) is 11.4 Å². The van der Waals surface area contributed by atoms with E-state index >= 15 is 0 Å². The second-order valence-electron chi connectivity index (χ2n) is 7.51. The highest BCUT2D eigenvalue weighted by atomic mass is 16.4. The van der Waals surface area contributed by atoms with Gasteiger partial charge in [0.15, 0.2) is 0 Å². The molecule has 1 heterocycles. The quantitative estimate of drug-likeness (QED) is 0.638. The van der Waals surface area contributed by atoms with Crippen LogP contribution in [0.1, 0.15) is 53.2 Å². The van der Waals surface area contributed by atoms with Gasteiger partial charge in [0.25, 0.3) is 0 Å². The minimum absolute atomic E-state index is 0.314. The van der Waals surface area contributed by atoms with Crippen LogP contribution in [-0.2, 0) is 6.42 Å². The minimum Gasteiger partial charge on any atom is -0.478 e. The Morgan fingerprint density at radius 1 is 1.11 bits per heavy atom. The molecule has 1 aromatic heterocycles. The fourth-order valence-electron chi connectivity index (χ4n) is 4.41. The van der Waals surface area contributed by atoms with Crippen molar-refractivity contribution >= 4 is 5.97 Å². The number of carbonyl (C=O) groups is 1. The van der Waals surface area contributed by atoms with E-state index in [1.807, 2.05) is 30.3 Å². The summed E-state index contributed by atoms with van der Waals surface area (Å²) in [6, 6.07) is 19.9. The summed E-state index contributed by atoms with van der Waals surface area (Å²) in [5, 5.41) is 9.45. The van der Waals surface area contributed by atoms with Crippen LogP contribution in [0.5, 0.6) is 0 Å². The van der Waals surface area contributed by atoms with Gasteiger partial charge in [0.05, 0.1) is 11.3 Å². The number of nitrogens with two attached hydrogens (primary N) is 1. The molecule has 1 aliphatic rings. The number of fused-ring (bicyclic) bond motifs is 1. The van der Waals surface area contributed by atoms with Crippen LogP contribution in [0.25, 0.3) is 16.9 Å². The van der Waals surface area contributed by atoms with Crippen molar-refractivity contribution in [1.29, 1.82) is 0 Å². The first-order valence-corrected chi connectivity index (χ1v) is 10.0. The molecule has 144 valence electrons. The number of carboxylic acids is 1. The van der Waals surface area contributed by atoms with E-state index in [0.29, 0.717) is 11.5 Å². The molecule has 2 aromatic carbocycles. The van der Waals surface area contributed by atoms with E-state index in [2.05, 4.69) is 22.8 Å². The molecule has 4 rings (SSSR count). The highest BCUT2D eigenvalue weighted by molar-refractivity contribution is 5.88. The summed E-state index contributed by atoms with van der Waals surface area (Å²) in [5.41, 5.74) is 12.0. The standard InChI is InChI=1S/C24H26N2O2/c25-14-6-11-17-9-5-13-22-21(17)16-23(18-7-2-1-3-8-18)26(22)20-12-4-10-19(15-20)24(27)28/h1-4,7-8,10,12,15-17H,5-6,9,11,13-14,25H2,(H,27,28). The number of carboxylic acid groups (broad SMARTS) is 1. The second kappa shape index (κ2) is 8.03. The average molecular weight is 374 g/mol. The van der Waals surface area contributed by atoms with Gasteiger partial charge >= 0.3 is 5.97 Å². The average Bonchev–Trinajstić information content (AvgIpc) is 3.13. The lowest BCUT2D eigenvalue weighted by Gasteiger charge is -2.24. The first-order valence-electron chi connectivity index (χ1n) is 10.0. The summed E-state index contributed by atoms with van der Waals surface area (Å²) in [6.45, 7) is 0.721. The number of aromatic nitrogens is 1. The van der Waals surface area contributed by atoms with Gasteiger partial charge in [-0.25, -0.2) is 4.79 Å². The Labute approximate surface area is 165 Å². The molecule has 3 aromatic rings. The van der Waals surface area contributed by atoms with Gasteiger partial charge in [-0.05, 0) is 80.0 Å². The van der Waals surface area contributed by atoms with Crippen LogP contribution >= 0.6 is 0 Å². The smallest absolute Gasteiger partial charge is 0.335 e. The Hall–Kier alpha value is -2.85. The van der Waals surface area contributed by atoms with Crippen molar-refractivity contribution in [3.63, 3.8) is 0 Å². The Bertz CT molecular complexity index is 976. The summed E-state index contributed by atoms with van der Waals surface area (Å²) in [5.74, 6) is -0.372. The molecule has 4 nitrogen and oxygen atoms in total. The zero-order chi connectivity index (χ0) is 19.5. The molecular weight excluding hydrogens is 348 g/mol. The topological polar surface area (TPSA) is 68.2 Å². The zero-order valence-corrected chi connectivity index (χ0v) is 16.0. The van der Waals surface area contributed by atoms with Crippen molar-refractivity contribution in [3.8, 4) is 16.9 Å². The SMILES string of the molecule is NCCCC1CCCc2c1cc(-c1ccccc1)n2-c1cccc(C(=O)O)c1. The lowest BCUT2D eigenvalue weighted by molar-refractivity contribution is 0.0697. The van der Waals surface area contributed by atoms with Crippen molar-refractivity contribution in [2.24, 2.45) is 5.73 Å². The third-order valence-corrected chi connectivity index (χ3v) is 5.72. The van der Waals surface area contributed by atoms with E-state index in [0.717, 1.165) is 49.2 Å². The molecule has 0 aliphatic heterocycles. The Morgan fingerprint density at radius 2 is 1.93 bits per heavy atom. The van der Waals surface area contributed by atoms with Crippen LogP contribution in [0.4, 0.5) is 0 Å². The molecule has 28 heavy (non-hydrogen) atoms. The summed E-state index contributed by atoms with van der Waals surface area (Å²) in [6.07, 6.45) is 5.50. The van der Waals surface area contributed by atoms with Gasteiger partial charge in [-0.2, -0.15) is 0 Å². The summed E-state index contributed by atoms with van der Waals surface area (Å²) in [4.78, 5) is 11.5. The van der Waals surface area contributed by atoms with Crippen LogP contribution in [0.15, 0.2) is 60.7 Å². The highest BCUT2D eigenvalue weighted by Crippen LogP contribution is 2.41. The second-order valence-corrected chi connectivity index (χ2v) is 7.51. The molecule has 0 spiro atoms. The van der Waals surface area contributed by atoms with Crippen LogP contribution in [0, 0.1) is 0 Å².